The molecule has 2 aliphatic carbocycles. The van der Waals surface area contributed by atoms with Crippen molar-refractivity contribution < 1.29 is 18.3 Å². The molecular formula is C10H14F2O2. The van der Waals surface area contributed by atoms with E-state index in [1.165, 1.54) is 0 Å². The predicted molar refractivity (Wildman–Crippen MR) is 45.0 cm³/mol. The van der Waals surface area contributed by atoms with Crippen LogP contribution in [0.5, 0.6) is 0 Å². The fourth-order valence-corrected chi connectivity index (χ4v) is 3.28. The summed E-state index contributed by atoms with van der Waals surface area (Å²) in [6.45, 7) is 1.24. The second-order valence-electron chi connectivity index (χ2n) is 4.80. The minimum absolute atomic E-state index is 0.0339. The molecule has 0 amide bonds. The Labute approximate surface area is 81.6 Å². The summed E-state index contributed by atoms with van der Waals surface area (Å²) in [7, 11) is 0. The fourth-order valence-electron chi connectivity index (χ4n) is 3.28. The number of fused-ring (bicyclic) bond motifs is 1. The summed E-state index contributed by atoms with van der Waals surface area (Å²) >= 11 is 0. The normalized spacial score (nSPS) is 43.3. The molecule has 2 saturated carbocycles. The van der Waals surface area contributed by atoms with Gasteiger partial charge < -0.3 is 9.47 Å². The van der Waals surface area contributed by atoms with Gasteiger partial charge in [-0.1, -0.05) is 0 Å². The lowest BCUT2D eigenvalue weighted by Gasteiger charge is -2.23. The molecule has 0 aromatic carbocycles. The monoisotopic (exact) mass is 204 g/mol. The summed E-state index contributed by atoms with van der Waals surface area (Å²) in [6.07, 6.45) is 1.42. The first-order valence-corrected chi connectivity index (χ1v) is 5.24. The largest absolute Gasteiger partial charge is 0.348 e. The highest BCUT2D eigenvalue weighted by Gasteiger charge is 2.57. The number of hydrogen-bond donors (Lipinski definition) is 0. The Kier molecular flexibility index (Phi) is 1.72. The van der Waals surface area contributed by atoms with E-state index in [0.717, 1.165) is 0 Å². The van der Waals surface area contributed by atoms with Crippen LogP contribution in [0.1, 0.15) is 25.7 Å². The lowest BCUT2D eigenvalue weighted by atomic mass is 10.0. The summed E-state index contributed by atoms with van der Waals surface area (Å²) in [6, 6.07) is 0. The molecule has 0 aromatic heterocycles. The Balaban J connectivity index is 1.74. The molecule has 0 aromatic rings. The Morgan fingerprint density at radius 3 is 1.86 bits per heavy atom. The standard InChI is InChI=1S/C10H14F2O2/c11-9(12)3-7-5-10(6-8(7)4-9)13-1-2-14-10/h7-8H,1-6H2. The molecule has 2 nitrogen and oxygen atoms in total. The second-order valence-corrected chi connectivity index (χ2v) is 4.80. The minimum atomic E-state index is -2.43. The molecular weight excluding hydrogens is 190 g/mol. The third kappa shape index (κ3) is 1.27. The van der Waals surface area contributed by atoms with Crippen LogP contribution in [0.3, 0.4) is 0 Å². The Morgan fingerprint density at radius 1 is 0.857 bits per heavy atom. The maximum Gasteiger partial charge on any atom is 0.248 e. The first-order valence-electron chi connectivity index (χ1n) is 5.24. The van der Waals surface area contributed by atoms with Crippen LogP contribution in [0.2, 0.25) is 0 Å². The maximum absolute atomic E-state index is 13.1. The van der Waals surface area contributed by atoms with Gasteiger partial charge in [0.15, 0.2) is 5.79 Å². The van der Waals surface area contributed by atoms with Crippen molar-refractivity contribution >= 4 is 0 Å². The van der Waals surface area contributed by atoms with Gasteiger partial charge in [0, 0.05) is 25.7 Å². The number of ether oxygens (including phenoxy) is 2. The quantitative estimate of drug-likeness (QED) is 0.602. The van der Waals surface area contributed by atoms with E-state index < -0.39 is 11.7 Å². The molecule has 2 atom stereocenters. The van der Waals surface area contributed by atoms with Crippen molar-refractivity contribution in [1.29, 1.82) is 0 Å². The Morgan fingerprint density at radius 2 is 1.36 bits per heavy atom. The van der Waals surface area contributed by atoms with E-state index in [1.807, 2.05) is 0 Å². The molecule has 14 heavy (non-hydrogen) atoms. The van der Waals surface area contributed by atoms with Gasteiger partial charge in [0.25, 0.3) is 0 Å². The van der Waals surface area contributed by atoms with Gasteiger partial charge in [-0.3, -0.25) is 0 Å². The summed E-state index contributed by atoms with van der Waals surface area (Å²) in [5.41, 5.74) is 0. The first-order chi connectivity index (χ1) is 6.59. The van der Waals surface area contributed by atoms with Crippen molar-refractivity contribution in [2.24, 2.45) is 11.8 Å². The number of hydrogen-bond acceptors (Lipinski definition) is 2. The molecule has 2 unspecified atom stereocenters. The highest BCUT2D eigenvalue weighted by atomic mass is 19.3. The maximum atomic E-state index is 13.1. The van der Waals surface area contributed by atoms with Gasteiger partial charge in [-0.15, -0.1) is 0 Å². The molecule has 1 aliphatic heterocycles. The van der Waals surface area contributed by atoms with E-state index in [0.29, 0.717) is 26.1 Å². The summed E-state index contributed by atoms with van der Waals surface area (Å²) in [4.78, 5) is 0. The summed E-state index contributed by atoms with van der Waals surface area (Å²) < 4.78 is 37.2. The van der Waals surface area contributed by atoms with Crippen molar-refractivity contribution in [3.63, 3.8) is 0 Å². The van der Waals surface area contributed by atoms with Gasteiger partial charge in [0.1, 0.15) is 0 Å². The van der Waals surface area contributed by atoms with Gasteiger partial charge >= 0.3 is 0 Å². The third-order valence-electron chi connectivity index (χ3n) is 3.75. The molecule has 3 fully saturated rings. The van der Waals surface area contributed by atoms with Crippen molar-refractivity contribution in [2.45, 2.75) is 37.4 Å². The topological polar surface area (TPSA) is 18.5 Å². The van der Waals surface area contributed by atoms with Gasteiger partial charge in [0.05, 0.1) is 13.2 Å². The van der Waals surface area contributed by atoms with Crippen LogP contribution in [-0.2, 0) is 9.47 Å². The van der Waals surface area contributed by atoms with Gasteiger partial charge in [0.2, 0.25) is 5.92 Å². The average molecular weight is 204 g/mol. The summed E-state index contributed by atoms with van der Waals surface area (Å²) in [5, 5.41) is 0. The molecule has 4 heteroatoms. The number of alkyl halides is 2. The molecule has 0 radical (unpaired) electrons. The lowest BCUT2D eigenvalue weighted by Crippen LogP contribution is -2.28. The van der Waals surface area contributed by atoms with Crippen LogP contribution < -0.4 is 0 Å². The van der Waals surface area contributed by atoms with Crippen LogP contribution in [0, 0.1) is 11.8 Å². The zero-order valence-electron chi connectivity index (χ0n) is 7.97. The third-order valence-corrected chi connectivity index (χ3v) is 3.75. The second kappa shape index (κ2) is 2.67. The zero-order chi connectivity index (χ0) is 9.81. The van der Waals surface area contributed by atoms with E-state index in [1.54, 1.807) is 0 Å². The average Bonchev–Trinajstić information content (AvgIpc) is 2.65. The van der Waals surface area contributed by atoms with Gasteiger partial charge in [-0.25, -0.2) is 8.78 Å². The van der Waals surface area contributed by atoms with E-state index in [9.17, 15) is 8.78 Å². The van der Waals surface area contributed by atoms with Crippen molar-refractivity contribution in [1.82, 2.24) is 0 Å². The molecule has 0 N–H and O–H groups in total. The van der Waals surface area contributed by atoms with Crippen molar-refractivity contribution in [3.05, 3.63) is 0 Å². The van der Waals surface area contributed by atoms with Gasteiger partial charge in [-0.05, 0) is 11.8 Å². The van der Waals surface area contributed by atoms with E-state index in [2.05, 4.69) is 0 Å². The van der Waals surface area contributed by atoms with E-state index in [4.69, 9.17) is 9.47 Å². The molecule has 3 rings (SSSR count). The van der Waals surface area contributed by atoms with Crippen LogP contribution in [-0.4, -0.2) is 24.9 Å². The first kappa shape index (κ1) is 9.04. The smallest absolute Gasteiger partial charge is 0.248 e. The zero-order valence-corrected chi connectivity index (χ0v) is 7.97. The minimum Gasteiger partial charge on any atom is -0.348 e. The molecule has 3 aliphatic rings. The van der Waals surface area contributed by atoms with Crippen LogP contribution in [0.25, 0.3) is 0 Å². The molecule has 80 valence electrons. The Hall–Kier alpha value is -0.220. The fraction of sp³-hybridized carbons (Fsp3) is 1.00. The SMILES string of the molecule is FC1(F)CC2CC3(CC2C1)OCCO3. The van der Waals surface area contributed by atoms with Crippen LogP contribution in [0.4, 0.5) is 8.78 Å². The van der Waals surface area contributed by atoms with Crippen molar-refractivity contribution in [3.8, 4) is 0 Å². The molecule has 1 saturated heterocycles. The highest BCUT2D eigenvalue weighted by molar-refractivity contribution is 4.99. The highest BCUT2D eigenvalue weighted by Crippen LogP contribution is 2.56. The van der Waals surface area contributed by atoms with E-state index in [-0.39, 0.29) is 24.7 Å². The Bertz CT molecular complexity index is 231. The molecule has 1 heterocycles. The molecule has 1 spiro atoms. The van der Waals surface area contributed by atoms with Crippen LogP contribution >= 0.6 is 0 Å². The number of halogens is 2. The van der Waals surface area contributed by atoms with E-state index >= 15 is 0 Å². The molecule has 0 bridgehead atoms. The van der Waals surface area contributed by atoms with Crippen LogP contribution in [0.15, 0.2) is 0 Å². The summed E-state index contributed by atoms with van der Waals surface area (Å²) in [5.74, 6) is -2.69. The van der Waals surface area contributed by atoms with Gasteiger partial charge in [-0.2, -0.15) is 0 Å². The number of rotatable bonds is 0. The lowest BCUT2D eigenvalue weighted by molar-refractivity contribution is -0.159. The van der Waals surface area contributed by atoms with Crippen molar-refractivity contribution in [2.75, 3.05) is 13.2 Å². The predicted octanol–water partition coefficient (Wildman–Crippen LogP) is 2.18.